The van der Waals surface area contributed by atoms with Gasteiger partial charge in [0.15, 0.2) is 0 Å². The number of aromatic nitrogens is 1. The average Bonchev–Trinajstić information content (AvgIpc) is 2.28. The van der Waals surface area contributed by atoms with Gasteiger partial charge in [0.25, 0.3) is 5.56 Å². The highest BCUT2D eigenvalue weighted by Gasteiger charge is 1.97. The fourth-order valence-corrected chi connectivity index (χ4v) is 1.23. The van der Waals surface area contributed by atoms with Gasteiger partial charge in [-0.1, -0.05) is 24.2 Å². The van der Waals surface area contributed by atoms with Gasteiger partial charge in [0.1, 0.15) is 0 Å². The van der Waals surface area contributed by atoms with Crippen LogP contribution in [0.1, 0.15) is 11.0 Å². The molecule has 70 valence electrons. The van der Waals surface area contributed by atoms with Crippen LogP contribution in [0.5, 0.6) is 0 Å². The van der Waals surface area contributed by atoms with E-state index in [1.54, 1.807) is 30.3 Å². The predicted molar refractivity (Wildman–Crippen MR) is 56.8 cm³/mol. The summed E-state index contributed by atoms with van der Waals surface area (Å²) in [6.45, 7) is -2.40. The standard InChI is InChI=1S/C12H11NO/c1-10-7-8-12(14)13(9-10)11-5-3-2-4-6-11/h2-9H,1H3/i1D3,7D. The van der Waals surface area contributed by atoms with E-state index in [2.05, 4.69) is 0 Å². The van der Waals surface area contributed by atoms with Gasteiger partial charge in [-0.15, -0.1) is 0 Å². The van der Waals surface area contributed by atoms with Gasteiger partial charge in [0, 0.05) is 22.1 Å². The second kappa shape index (κ2) is 3.50. The van der Waals surface area contributed by atoms with Gasteiger partial charge in [-0.25, -0.2) is 0 Å². The van der Waals surface area contributed by atoms with Crippen LogP contribution < -0.4 is 5.56 Å². The molecule has 0 atom stereocenters. The molecule has 1 heterocycles. The lowest BCUT2D eigenvalue weighted by molar-refractivity contribution is 0.976. The Bertz CT molecular complexity index is 616. The molecule has 0 radical (unpaired) electrons. The first-order valence-electron chi connectivity index (χ1n) is 6.19. The molecule has 0 aliphatic carbocycles. The van der Waals surface area contributed by atoms with E-state index in [1.165, 1.54) is 10.8 Å². The van der Waals surface area contributed by atoms with E-state index < -0.39 is 12.4 Å². The molecule has 2 heteroatoms. The summed E-state index contributed by atoms with van der Waals surface area (Å²) >= 11 is 0. The molecule has 0 amide bonds. The van der Waals surface area contributed by atoms with Crippen LogP contribution in [-0.4, -0.2) is 4.57 Å². The van der Waals surface area contributed by atoms with Gasteiger partial charge in [-0.3, -0.25) is 9.36 Å². The highest BCUT2D eigenvalue weighted by molar-refractivity contribution is 5.32. The van der Waals surface area contributed by atoms with Crippen molar-refractivity contribution in [2.24, 2.45) is 0 Å². The number of hydrogen-bond donors (Lipinski definition) is 0. The summed E-state index contributed by atoms with van der Waals surface area (Å²) in [7, 11) is 0. The van der Waals surface area contributed by atoms with Crippen molar-refractivity contribution in [1.29, 1.82) is 0 Å². The lowest BCUT2D eigenvalue weighted by Gasteiger charge is -2.05. The third kappa shape index (κ3) is 1.59. The van der Waals surface area contributed by atoms with Crippen LogP contribution in [0.25, 0.3) is 5.69 Å². The van der Waals surface area contributed by atoms with E-state index in [1.807, 2.05) is 0 Å². The molecule has 0 bridgehead atoms. The SMILES string of the molecule is [2H]c1cc(=O)n(-c2ccccc2)cc1C([2H])([2H])[2H]. The van der Waals surface area contributed by atoms with Gasteiger partial charge >= 0.3 is 0 Å². The van der Waals surface area contributed by atoms with E-state index in [9.17, 15) is 4.79 Å². The predicted octanol–water partition coefficient (Wildman–Crippen LogP) is 2.15. The summed E-state index contributed by atoms with van der Waals surface area (Å²) in [5, 5.41) is 0. The highest BCUT2D eigenvalue weighted by atomic mass is 16.1. The lowest BCUT2D eigenvalue weighted by Crippen LogP contribution is -2.16. The van der Waals surface area contributed by atoms with Crippen molar-refractivity contribution < 1.29 is 5.48 Å². The van der Waals surface area contributed by atoms with E-state index >= 15 is 0 Å². The summed E-state index contributed by atoms with van der Waals surface area (Å²) < 4.78 is 30.8. The molecule has 0 N–H and O–H groups in total. The Kier molecular flexibility index (Phi) is 1.29. The van der Waals surface area contributed by atoms with Crippen LogP contribution in [0.3, 0.4) is 0 Å². The van der Waals surface area contributed by atoms with Gasteiger partial charge in [0.2, 0.25) is 0 Å². The summed E-state index contributed by atoms with van der Waals surface area (Å²) in [6.07, 6.45) is 1.22. The zero-order chi connectivity index (χ0) is 13.3. The minimum absolute atomic E-state index is 0.133. The molecule has 0 saturated carbocycles. The topological polar surface area (TPSA) is 22.0 Å². The number of rotatable bonds is 1. The van der Waals surface area contributed by atoms with Crippen molar-refractivity contribution in [3.05, 3.63) is 64.6 Å². The zero-order valence-corrected chi connectivity index (χ0v) is 7.40. The third-order valence-electron chi connectivity index (χ3n) is 1.88. The van der Waals surface area contributed by atoms with Crippen molar-refractivity contribution in [2.45, 2.75) is 6.85 Å². The van der Waals surface area contributed by atoms with Crippen LogP contribution in [0, 0.1) is 6.85 Å². The Morgan fingerprint density at radius 1 is 1.29 bits per heavy atom. The van der Waals surface area contributed by atoms with Gasteiger partial charge in [-0.05, 0) is 24.5 Å². The summed E-state index contributed by atoms with van der Waals surface area (Å²) in [5.41, 5.74) is 0.0261. The second-order valence-electron chi connectivity index (χ2n) is 2.88. The number of pyridine rings is 1. The van der Waals surface area contributed by atoms with E-state index in [0.717, 1.165) is 6.07 Å². The quantitative estimate of drug-likeness (QED) is 0.673. The molecular weight excluding hydrogens is 174 g/mol. The molecule has 0 unspecified atom stereocenters. The fraction of sp³-hybridized carbons (Fsp3) is 0.0833. The number of benzene rings is 1. The number of hydrogen-bond acceptors (Lipinski definition) is 1. The molecule has 1 aromatic carbocycles. The molecule has 1 aromatic heterocycles. The van der Waals surface area contributed by atoms with Crippen molar-refractivity contribution in [3.63, 3.8) is 0 Å². The van der Waals surface area contributed by atoms with Crippen LogP contribution in [-0.2, 0) is 0 Å². The van der Waals surface area contributed by atoms with Crippen molar-refractivity contribution in [1.82, 2.24) is 4.57 Å². The Morgan fingerprint density at radius 2 is 2.07 bits per heavy atom. The Balaban J connectivity index is 2.67. The molecule has 0 spiro atoms. The third-order valence-corrected chi connectivity index (χ3v) is 1.88. The largest absolute Gasteiger partial charge is 0.284 e. The number of nitrogens with zero attached hydrogens (tertiary/aromatic N) is 1. The van der Waals surface area contributed by atoms with Crippen LogP contribution in [0.15, 0.2) is 53.4 Å². The first-order valence-corrected chi connectivity index (χ1v) is 4.19. The van der Waals surface area contributed by atoms with Crippen LogP contribution in [0.4, 0.5) is 0 Å². The Morgan fingerprint density at radius 3 is 2.79 bits per heavy atom. The molecular formula is C12H11NO. The molecule has 2 rings (SSSR count). The van der Waals surface area contributed by atoms with Crippen molar-refractivity contribution >= 4 is 0 Å². The zero-order valence-electron chi connectivity index (χ0n) is 11.4. The van der Waals surface area contributed by atoms with Crippen LogP contribution in [0.2, 0.25) is 0 Å². The molecule has 2 aromatic rings. The normalized spacial score (nSPS) is 15.1. The van der Waals surface area contributed by atoms with Gasteiger partial charge in [0.05, 0.1) is 1.37 Å². The minimum atomic E-state index is -2.40. The lowest BCUT2D eigenvalue weighted by atomic mass is 10.3. The summed E-state index contributed by atoms with van der Waals surface area (Å²) in [6, 6.07) is 9.49. The van der Waals surface area contributed by atoms with Crippen molar-refractivity contribution in [3.8, 4) is 5.69 Å². The number of para-hydroxylation sites is 1. The maximum Gasteiger partial charge on any atom is 0.255 e. The maximum atomic E-state index is 11.8. The van der Waals surface area contributed by atoms with Crippen molar-refractivity contribution in [2.75, 3.05) is 0 Å². The van der Waals surface area contributed by atoms with Gasteiger partial charge < -0.3 is 0 Å². The molecule has 14 heavy (non-hydrogen) atoms. The second-order valence-corrected chi connectivity index (χ2v) is 2.88. The summed E-state index contributed by atoms with van der Waals surface area (Å²) in [4.78, 5) is 11.8. The fourth-order valence-electron chi connectivity index (χ4n) is 1.23. The monoisotopic (exact) mass is 189 g/mol. The van der Waals surface area contributed by atoms with Crippen LogP contribution >= 0.6 is 0 Å². The Labute approximate surface area is 88.1 Å². The maximum absolute atomic E-state index is 11.8. The first kappa shape index (κ1) is 5.15. The molecule has 2 nitrogen and oxygen atoms in total. The first-order chi connectivity index (χ1) is 8.39. The molecule has 0 aliphatic rings. The van der Waals surface area contributed by atoms with E-state index in [-0.39, 0.29) is 11.6 Å². The number of aryl methyl sites for hydroxylation is 1. The minimum Gasteiger partial charge on any atom is -0.284 e. The Hall–Kier alpha value is -1.83. The summed E-state index contributed by atoms with van der Waals surface area (Å²) in [5.74, 6) is 0. The smallest absolute Gasteiger partial charge is 0.255 e. The van der Waals surface area contributed by atoms with E-state index in [0.29, 0.717) is 5.69 Å². The average molecular weight is 189 g/mol. The highest BCUT2D eigenvalue weighted by Crippen LogP contribution is 2.04. The molecule has 0 saturated heterocycles. The molecule has 0 aliphatic heterocycles. The molecule has 0 fully saturated rings. The van der Waals surface area contributed by atoms with E-state index in [4.69, 9.17) is 5.48 Å². The van der Waals surface area contributed by atoms with Gasteiger partial charge in [-0.2, -0.15) is 0 Å².